The van der Waals surface area contributed by atoms with Gasteiger partial charge in [-0.2, -0.15) is 11.8 Å². The Morgan fingerprint density at radius 1 is 1.46 bits per heavy atom. The molecule has 13 heavy (non-hydrogen) atoms. The predicted octanol–water partition coefficient (Wildman–Crippen LogP) is 3.28. The largest absolute Gasteiger partial charge is 0.300 e. The van der Waals surface area contributed by atoms with Gasteiger partial charge in [-0.15, -0.1) is 0 Å². The number of rotatable bonds is 5. The lowest BCUT2D eigenvalue weighted by Gasteiger charge is -2.20. The van der Waals surface area contributed by atoms with Crippen LogP contribution in [0, 0.1) is 5.92 Å². The topological polar surface area (TPSA) is 17.1 Å². The summed E-state index contributed by atoms with van der Waals surface area (Å²) in [7, 11) is 0. The Balaban J connectivity index is 2.39. The van der Waals surface area contributed by atoms with Crippen molar-refractivity contribution in [1.29, 1.82) is 0 Å². The molecule has 1 rings (SSSR count). The lowest BCUT2D eigenvalue weighted by atomic mass is 10.00. The summed E-state index contributed by atoms with van der Waals surface area (Å²) in [6, 6.07) is 0. The monoisotopic (exact) mass is 200 g/mol. The first-order chi connectivity index (χ1) is 6.24. The summed E-state index contributed by atoms with van der Waals surface area (Å²) in [6.07, 6.45) is 6.26. The molecule has 0 aromatic carbocycles. The molecule has 0 amide bonds. The van der Waals surface area contributed by atoms with Crippen LogP contribution in [-0.2, 0) is 4.79 Å². The molecule has 0 saturated heterocycles. The molecule has 1 saturated carbocycles. The normalized spacial score (nSPS) is 20.5. The number of ketones is 1. The molecule has 2 heteroatoms. The van der Waals surface area contributed by atoms with Crippen molar-refractivity contribution in [2.75, 3.05) is 5.75 Å². The van der Waals surface area contributed by atoms with Crippen LogP contribution in [0.5, 0.6) is 0 Å². The van der Waals surface area contributed by atoms with Gasteiger partial charge >= 0.3 is 0 Å². The maximum Gasteiger partial charge on any atom is 0.130 e. The first-order valence-corrected chi connectivity index (χ1v) is 6.40. The van der Waals surface area contributed by atoms with Crippen LogP contribution in [0.15, 0.2) is 0 Å². The van der Waals surface area contributed by atoms with Gasteiger partial charge in [0.1, 0.15) is 5.78 Å². The number of Topliss-reactive ketones (excluding diaryl/α,β-unsaturated/α-hetero) is 1. The minimum atomic E-state index is 0.359. The van der Waals surface area contributed by atoms with Crippen molar-refractivity contribution in [3.05, 3.63) is 0 Å². The highest BCUT2D eigenvalue weighted by atomic mass is 32.2. The summed E-state index contributed by atoms with van der Waals surface area (Å²) in [5.74, 6) is 2.33. The average molecular weight is 200 g/mol. The van der Waals surface area contributed by atoms with Crippen molar-refractivity contribution in [1.82, 2.24) is 0 Å². The zero-order chi connectivity index (χ0) is 9.68. The third kappa shape index (κ3) is 3.72. The summed E-state index contributed by atoms with van der Waals surface area (Å²) >= 11 is 1.98. The Bertz CT molecular complexity index is 161. The maximum atomic E-state index is 11.1. The van der Waals surface area contributed by atoms with Crippen molar-refractivity contribution < 1.29 is 4.79 Å². The van der Waals surface area contributed by atoms with Gasteiger partial charge in [-0.05, 0) is 31.4 Å². The van der Waals surface area contributed by atoms with Gasteiger partial charge in [-0.3, -0.25) is 4.79 Å². The molecule has 1 atom stereocenters. The van der Waals surface area contributed by atoms with Crippen LogP contribution >= 0.6 is 11.8 Å². The van der Waals surface area contributed by atoms with Crippen LogP contribution in [0.3, 0.4) is 0 Å². The van der Waals surface area contributed by atoms with Crippen molar-refractivity contribution >= 4 is 17.5 Å². The Morgan fingerprint density at radius 3 is 2.54 bits per heavy atom. The molecule has 1 aliphatic carbocycles. The minimum absolute atomic E-state index is 0.359. The van der Waals surface area contributed by atoms with E-state index in [2.05, 4.69) is 6.92 Å². The second-order valence-electron chi connectivity index (χ2n) is 3.94. The van der Waals surface area contributed by atoms with Gasteiger partial charge < -0.3 is 0 Å². The molecular weight excluding hydrogens is 180 g/mol. The van der Waals surface area contributed by atoms with Gasteiger partial charge in [0.05, 0.1) is 0 Å². The van der Waals surface area contributed by atoms with E-state index in [-0.39, 0.29) is 0 Å². The van der Waals surface area contributed by atoms with E-state index in [1.54, 1.807) is 6.92 Å². The summed E-state index contributed by atoms with van der Waals surface area (Å²) in [5.41, 5.74) is 0. The van der Waals surface area contributed by atoms with Gasteiger partial charge in [0, 0.05) is 11.7 Å². The van der Waals surface area contributed by atoms with Crippen LogP contribution in [0.2, 0.25) is 0 Å². The van der Waals surface area contributed by atoms with Crippen LogP contribution in [0.25, 0.3) is 0 Å². The van der Waals surface area contributed by atoms with E-state index in [0.717, 1.165) is 18.1 Å². The fourth-order valence-corrected chi connectivity index (χ4v) is 3.51. The van der Waals surface area contributed by atoms with Gasteiger partial charge in [-0.25, -0.2) is 0 Å². The van der Waals surface area contributed by atoms with E-state index in [1.807, 2.05) is 11.8 Å². The Labute approximate surface area is 85.7 Å². The van der Waals surface area contributed by atoms with E-state index in [9.17, 15) is 4.79 Å². The summed E-state index contributed by atoms with van der Waals surface area (Å²) in [4.78, 5) is 11.1. The molecule has 0 heterocycles. The lowest BCUT2D eigenvalue weighted by Crippen LogP contribution is -2.17. The van der Waals surface area contributed by atoms with E-state index < -0.39 is 0 Å². The lowest BCUT2D eigenvalue weighted by molar-refractivity contribution is -0.117. The Morgan fingerprint density at radius 2 is 2.08 bits per heavy atom. The maximum absolute atomic E-state index is 11.1. The standard InChI is InChI=1S/C11H20OS/c1-3-13-11(8-9(2)12)10-6-4-5-7-10/h10-11H,3-8H2,1-2H3. The highest BCUT2D eigenvalue weighted by molar-refractivity contribution is 7.99. The zero-order valence-electron chi connectivity index (χ0n) is 8.71. The first kappa shape index (κ1) is 11.1. The third-order valence-corrected chi connectivity index (χ3v) is 4.11. The molecular formula is C11H20OS. The van der Waals surface area contributed by atoms with Crippen LogP contribution < -0.4 is 0 Å². The number of carbonyl (C=O) groups excluding carboxylic acids is 1. The average Bonchev–Trinajstić information content (AvgIpc) is 2.54. The Kier molecular flexibility index (Phi) is 4.86. The van der Waals surface area contributed by atoms with Crippen molar-refractivity contribution in [3.63, 3.8) is 0 Å². The SMILES string of the molecule is CCSC(CC(C)=O)C1CCCC1. The molecule has 1 nitrogen and oxygen atoms in total. The minimum Gasteiger partial charge on any atom is -0.300 e. The molecule has 0 aromatic rings. The van der Waals surface area contributed by atoms with Gasteiger partial charge in [0.25, 0.3) is 0 Å². The first-order valence-electron chi connectivity index (χ1n) is 5.35. The van der Waals surface area contributed by atoms with E-state index >= 15 is 0 Å². The summed E-state index contributed by atoms with van der Waals surface area (Å²) in [6.45, 7) is 3.91. The number of hydrogen-bond acceptors (Lipinski definition) is 2. The summed E-state index contributed by atoms with van der Waals surface area (Å²) < 4.78 is 0. The van der Waals surface area contributed by atoms with Crippen molar-refractivity contribution in [3.8, 4) is 0 Å². The molecule has 1 fully saturated rings. The Hall–Kier alpha value is 0.0200. The van der Waals surface area contributed by atoms with Crippen LogP contribution in [0.4, 0.5) is 0 Å². The predicted molar refractivity (Wildman–Crippen MR) is 59.2 cm³/mol. The number of thioether (sulfide) groups is 1. The van der Waals surface area contributed by atoms with Gasteiger partial charge in [0.2, 0.25) is 0 Å². The molecule has 0 spiro atoms. The van der Waals surface area contributed by atoms with E-state index in [1.165, 1.54) is 25.7 Å². The summed E-state index contributed by atoms with van der Waals surface area (Å²) in [5, 5.41) is 0.616. The van der Waals surface area contributed by atoms with Crippen molar-refractivity contribution in [2.45, 2.75) is 51.2 Å². The molecule has 1 aliphatic rings. The second kappa shape index (κ2) is 5.69. The molecule has 0 aromatic heterocycles. The third-order valence-electron chi connectivity index (χ3n) is 2.79. The molecule has 0 bridgehead atoms. The smallest absolute Gasteiger partial charge is 0.130 e. The van der Waals surface area contributed by atoms with Crippen LogP contribution in [-0.4, -0.2) is 16.8 Å². The van der Waals surface area contributed by atoms with Crippen molar-refractivity contribution in [2.24, 2.45) is 5.92 Å². The van der Waals surface area contributed by atoms with Crippen LogP contribution in [0.1, 0.15) is 46.0 Å². The number of hydrogen-bond donors (Lipinski definition) is 0. The second-order valence-corrected chi connectivity index (χ2v) is 5.46. The molecule has 0 radical (unpaired) electrons. The molecule has 0 N–H and O–H groups in total. The zero-order valence-corrected chi connectivity index (χ0v) is 9.53. The highest BCUT2D eigenvalue weighted by Gasteiger charge is 2.25. The van der Waals surface area contributed by atoms with E-state index in [4.69, 9.17) is 0 Å². The number of carbonyl (C=O) groups is 1. The van der Waals surface area contributed by atoms with Gasteiger partial charge in [0.15, 0.2) is 0 Å². The fourth-order valence-electron chi connectivity index (χ4n) is 2.19. The highest BCUT2D eigenvalue weighted by Crippen LogP contribution is 2.35. The van der Waals surface area contributed by atoms with Gasteiger partial charge in [-0.1, -0.05) is 19.8 Å². The fraction of sp³-hybridized carbons (Fsp3) is 0.909. The molecule has 1 unspecified atom stereocenters. The molecule has 76 valence electrons. The van der Waals surface area contributed by atoms with E-state index in [0.29, 0.717) is 11.0 Å². The molecule has 0 aliphatic heterocycles. The quantitative estimate of drug-likeness (QED) is 0.677.